The second-order valence-corrected chi connectivity index (χ2v) is 4.29. The van der Waals surface area contributed by atoms with Crippen LogP contribution in [-0.2, 0) is 4.74 Å². The highest BCUT2D eigenvalue weighted by Crippen LogP contribution is 2.12. The van der Waals surface area contributed by atoms with Crippen LogP contribution < -0.4 is 5.32 Å². The minimum Gasteiger partial charge on any atom is -0.478 e. The summed E-state index contributed by atoms with van der Waals surface area (Å²) in [5.41, 5.74) is 0.224. The van der Waals surface area contributed by atoms with Gasteiger partial charge in [-0.15, -0.1) is 0 Å². The molecule has 96 valence electrons. The van der Waals surface area contributed by atoms with E-state index in [2.05, 4.69) is 5.32 Å². The number of carbonyl (C=O) groups is 2. The van der Waals surface area contributed by atoms with Gasteiger partial charge in [0.2, 0.25) is 0 Å². The summed E-state index contributed by atoms with van der Waals surface area (Å²) in [6.45, 7) is 1.90. The lowest BCUT2D eigenvalue weighted by Crippen LogP contribution is -2.30. The Hall–Kier alpha value is -1.88. The van der Waals surface area contributed by atoms with Gasteiger partial charge in [0, 0.05) is 19.1 Å². The molecule has 2 rings (SSSR count). The van der Waals surface area contributed by atoms with E-state index in [1.807, 2.05) is 0 Å². The molecule has 1 aromatic carbocycles. The number of aromatic carboxylic acids is 1. The van der Waals surface area contributed by atoms with Gasteiger partial charge >= 0.3 is 5.97 Å². The van der Waals surface area contributed by atoms with Crippen LogP contribution in [0.25, 0.3) is 0 Å². The lowest BCUT2D eigenvalue weighted by atomic mass is 10.1. The highest BCUT2D eigenvalue weighted by atomic mass is 16.5. The number of nitrogens with one attached hydrogen (secondary N) is 1. The van der Waals surface area contributed by atoms with Crippen molar-refractivity contribution in [3.05, 3.63) is 35.4 Å². The monoisotopic (exact) mass is 249 g/mol. The normalized spacial score (nSPS) is 18.6. The average Bonchev–Trinajstić information content (AvgIpc) is 2.89. The third-order valence-electron chi connectivity index (χ3n) is 2.98. The molecule has 1 fully saturated rings. The maximum atomic E-state index is 11.9. The van der Waals surface area contributed by atoms with Gasteiger partial charge in [0.15, 0.2) is 0 Å². The SMILES string of the molecule is O=C(O)c1ccccc1C(=O)NCC1CCOC1. The number of hydrogen-bond donors (Lipinski definition) is 2. The molecule has 1 amide bonds. The maximum Gasteiger partial charge on any atom is 0.336 e. The average molecular weight is 249 g/mol. The van der Waals surface area contributed by atoms with Gasteiger partial charge in [-0.3, -0.25) is 4.79 Å². The molecule has 0 spiro atoms. The standard InChI is InChI=1S/C13H15NO4/c15-12(14-7-9-5-6-18-8-9)10-3-1-2-4-11(10)13(16)17/h1-4,9H,5-8H2,(H,14,15)(H,16,17). The maximum absolute atomic E-state index is 11.9. The van der Waals surface area contributed by atoms with Crippen molar-refractivity contribution in [1.82, 2.24) is 5.32 Å². The zero-order chi connectivity index (χ0) is 13.0. The smallest absolute Gasteiger partial charge is 0.336 e. The Morgan fingerprint density at radius 2 is 2.06 bits per heavy atom. The van der Waals surface area contributed by atoms with Crippen molar-refractivity contribution in [3.63, 3.8) is 0 Å². The molecular formula is C13H15NO4. The van der Waals surface area contributed by atoms with Gasteiger partial charge in [0.25, 0.3) is 5.91 Å². The van der Waals surface area contributed by atoms with Crippen LogP contribution in [0.1, 0.15) is 27.1 Å². The summed E-state index contributed by atoms with van der Waals surface area (Å²) in [7, 11) is 0. The number of carboxylic acid groups (broad SMARTS) is 1. The van der Waals surface area contributed by atoms with E-state index in [0.29, 0.717) is 19.1 Å². The number of benzene rings is 1. The van der Waals surface area contributed by atoms with Gasteiger partial charge < -0.3 is 15.2 Å². The van der Waals surface area contributed by atoms with Crippen LogP contribution in [-0.4, -0.2) is 36.7 Å². The molecule has 0 bridgehead atoms. The molecule has 1 atom stereocenters. The molecule has 1 heterocycles. The first-order valence-corrected chi connectivity index (χ1v) is 5.86. The lowest BCUT2D eigenvalue weighted by Gasteiger charge is -2.10. The predicted octanol–water partition coefficient (Wildman–Crippen LogP) is 1.15. The summed E-state index contributed by atoms with van der Waals surface area (Å²) in [6, 6.07) is 6.20. The van der Waals surface area contributed by atoms with Crippen molar-refractivity contribution in [3.8, 4) is 0 Å². The van der Waals surface area contributed by atoms with Crippen molar-refractivity contribution in [2.45, 2.75) is 6.42 Å². The number of carboxylic acids is 1. The number of hydrogen-bond acceptors (Lipinski definition) is 3. The van der Waals surface area contributed by atoms with Gasteiger partial charge in [-0.2, -0.15) is 0 Å². The van der Waals surface area contributed by atoms with Crippen LogP contribution in [0.15, 0.2) is 24.3 Å². The molecular weight excluding hydrogens is 234 g/mol. The van der Waals surface area contributed by atoms with Crippen molar-refractivity contribution >= 4 is 11.9 Å². The molecule has 1 aromatic rings. The van der Waals surface area contributed by atoms with Crippen molar-refractivity contribution in [1.29, 1.82) is 0 Å². The van der Waals surface area contributed by atoms with Crippen LogP contribution in [0.2, 0.25) is 0 Å². The van der Waals surface area contributed by atoms with E-state index < -0.39 is 5.97 Å². The molecule has 5 heteroatoms. The van der Waals surface area contributed by atoms with E-state index >= 15 is 0 Å². The second-order valence-electron chi connectivity index (χ2n) is 4.29. The van der Waals surface area contributed by atoms with Crippen molar-refractivity contribution in [2.24, 2.45) is 5.92 Å². The fourth-order valence-electron chi connectivity index (χ4n) is 1.94. The lowest BCUT2D eigenvalue weighted by molar-refractivity contribution is 0.0690. The van der Waals surface area contributed by atoms with Gasteiger partial charge in [-0.1, -0.05) is 12.1 Å². The molecule has 0 aliphatic carbocycles. The Morgan fingerprint density at radius 3 is 2.67 bits per heavy atom. The first-order chi connectivity index (χ1) is 8.68. The Kier molecular flexibility index (Phi) is 3.94. The Bertz CT molecular complexity index is 452. The van der Waals surface area contributed by atoms with Gasteiger partial charge in [0.1, 0.15) is 0 Å². The molecule has 5 nitrogen and oxygen atoms in total. The Labute approximate surface area is 105 Å². The summed E-state index contributed by atoms with van der Waals surface area (Å²) in [5.74, 6) is -1.12. The highest BCUT2D eigenvalue weighted by molar-refractivity contribution is 6.04. The molecule has 1 aliphatic heterocycles. The van der Waals surface area contributed by atoms with Crippen molar-refractivity contribution in [2.75, 3.05) is 19.8 Å². The summed E-state index contributed by atoms with van der Waals surface area (Å²) < 4.78 is 5.21. The van der Waals surface area contributed by atoms with Crippen LogP contribution in [0.4, 0.5) is 0 Å². The summed E-state index contributed by atoms with van der Waals surface area (Å²) in [5, 5.41) is 11.7. The highest BCUT2D eigenvalue weighted by Gasteiger charge is 2.19. The topological polar surface area (TPSA) is 75.6 Å². The minimum absolute atomic E-state index is 0.0256. The fourth-order valence-corrected chi connectivity index (χ4v) is 1.94. The van der Waals surface area contributed by atoms with Crippen LogP contribution in [0.5, 0.6) is 0 Å². The quantitative estimate of drug-likeness (QED) is 0.839. The second kappa shape index (κ2) is 5.64. The van der Waals surface area contributed by atoms with Gasteiger partial charge in [0.05, 0.1) is 17.7 Å². The summed E-state index contributed by atoms with van der Waals surface area (Å²) in [4.78, 5) is 22.9. The van der Waals surface area contributed by atoms with E-state index in [1.54, 1.807) is 12.1 Å². The first-order valence-electron chi connectivity index (χ1n) is 5.86. The number of carbonyl (C=O) groups excluding carboxylic acids is 1. The predicted molar refractivity (Wildman–Crippen MR) is 64.7 cm³/mol. The molecule has 2 N–H and O–H groups in total. The van der Waals surface area contributed by atoms with E-state index in [-0.39, 0.29) is 17.0 Å². The van der Waals surface area contributed by atoms with Crippen LogP contribution in [0, 0.1) is 5.92 Å². The Balaban J connectivity index is 2.01. The molecule has 0 saturated carbocycles. The molecule has 0 aromatic heterocycles. The van der Waals surface area contributed by atoms with E-state index in [0.717, 1.165) is 13.0 Å². The third-order valence-corrected chi connectivity index (χ3v) is 2.98. The summed E-state index contributed by atoms with van der Waals surface area (Å²) in [6.07, 6.45) is 0.931. The molecule has 1 aliphatic rings. The zero-order valence-electron chi connectivity index (χ0n) is 9.89. The van der Waals surface area contributed by atoms with E-state index in [1.165, 1.54) is 12.1 Å². The number of amides is 1. The number of rotatable bonds is 4. The van der Waals surface area contributed by atoms with Gasteiger partial charge in [-0.25, -0.2) is 4.79 Å². The van der Waals surface area contributed by atoms with E-state index in [4.69, 9.17) is 9.84 Å². The van der Waals surface area contributed by atoms with E-state index in [9.17, 15) is 9.59 Å². The molecule has 18 heavy (non-hydrogen) atoms. The van der Waals surface area contributed by atoms with Crippen LogP contribution >= 0.6 is 0 Å². The largest absolute Gasteiger partial charge is 0.478 e. The number of ether oxygens (including phenoxy) is 1. The fraction of sp³-hybridized carbons (Fsp3) is 0.385. The molecule has 1 saturated heterocycles. The molecule has 0 radical (unpaired) electrons. The van der Waals surface area contributed by atoms with Crippen LogP contribution in [0.3, 0.4) is 0 Å². The first kappa shape index (κ1) is 12.6. The molecule has 1 unspecified atom stereocenters. The van der Waals surface area contributed by atoms with Crippen molar-refractivity contribution < 1.29 is 19.4 Å². The third kappa shape index (κ3) is 2.87. The zero-order valence-corrected chi connectivity index (χ0v) is 9.89. The Morgan fingerprint density at radius 1 is 1.33 bits per heavy atom. The summed E-state index contributed by atoms with van der Waals surface area (Å²) >= 11 is 0. The van der Waals surface area contributed by atoms with Gasteiger partial charge in [-0.05, 0) is 18.6 Å². The minimum atomic E-state index is -1.09.